The van der Waals surface area contributed by atoms with E-state index in [0.29, 0.717) is 45.2 Å². The number of fused-ring (bicyclic) bond motifs is 1. The molecule has 4 aromatic rings. The Morgan fingerprint density at radius 2 is 1.94 bits per heavy atom. The lowest BCUT2D eigenvalue weighted by atomic mass is 9.50. The average Bonchev–Trinajstić information content (AvgIpc) is 3.41. The van der Waals surface area contributed by atoms with Gasteiger partial charge in [-0.25, -0.2) is 19.2 Å². The molecule has 0 radical (unpaired) electrons. The first-order valence-electron chi connectivity index (χ1n) is 15.2. The molecule has 244 valence electrons. The van der Waals surface area contributed by atoms with Crippen LogP contribution in [0.2, 0.25) is 0 Å². The Labute approximate surface area is 271 Å². The van der Waals surface area contributed by atoms with Crippen molar-refractivity contribution in [3.63, 3.8) is 0 Å². The summed E-state index contributed by atoms with van der Waals surface area (Å²) < 4.78 is 32.3. The number of phosphoric ester groups is 1. The molecular weight excluding hydrogens is 624 g/mol. The van der Waals surface area contributed by atoms with Crippen LogP contribution in [0.15, 0.2) is 36.5 Å². The number of nitrogens with one attached hydrogen (secondary N) is 1. The van der Waals surface area contributed by atoms with Crippen LogP contribution in [0.5, 0.6) is 0 Å². The monoisotopic (exact) mass is 659 g/mol. The van der Waals surface area contributed by atoms with Crippen molar-refractivity contribution in [2.45, 2.75) is 71.4 Å². The maximum Gasteiger partial charge on any atom is 0.471 e. The van der Waals surface area contributed by atoms with E-state index in [1.807, 2.05) is 24.0 Å². The Hall–Kier alpha value is -4.46. The van der Waals surface area contributed by atoms with Crippen LogP contribution >= 0.6 is 7.82 Å². The minimum Gasteiger partial charge on any atom is -0.366 e. The zero-order valence-electron chi connectivity index (χ0n) is 26.6. The van der Waals surface area contributed by atoms with Gasteiger partial charge in [0.1, 0.15) is 18.6 Å². The van der Waals surface area contributed by atoms with Crippen molar-refractivity contribution in [2.24, 2.45) is 11.3 Å². The summed E-state index contributed by atoms with van der Waals surface area (Å²) >= 11 is 0. The average molecular weight is 660 g/mol. The number of phosphoric acid groups is 1. The third-order valence-corrected chi connectivity index (χ3v) is 10.0. The minimum absolute atomic E-state index is 0.0664. The van der Waals surface area contributed by atoms with E-state index in [1.54, 1.807) is 31.2 Å². The Bertz CT molecular complexity index is 1990. The molecule has 3 aromatic heterocycles. The number of pyridine rings is 2. The Morgan fingerprint density at radius 3 is 2.51 bits per heavy atom. The van der Waals surface area contributed by atoms with Crippen molar-refractivity contribution in [3.05, 3.63) is 70.6 Å². The Kier molecular flexibility index (Phi) is 8.05. The first kappa shape index (κ1) is 32.5. The van der Waals surface area contributed by atoms with E-state index < -0.39 is 26.4 Å². The lowest BCUT2D eigenvalue weighted by Crippen LogP contribution is -2.59. The maximum atomic E-state index is 14.4. The van der Waals surface area contributed by atoms with Crippen LogP contribution in [0.4, 0.5) is 15.9 Å². The zero-order chi connectivity index (χ0) is 33.9. The number of rotatable bonds is 10. The fourth-order valence-electron chi connectivity index (χ4n) is 6.34. The standard InChI is InChI=1S/C32H35FN9O4P/c1-18-22(7-9-27(33)36-18)29(26-15-42(40-39-26)32-11-20(12-32)13-32)28-23-10-21(41(16-35)17-46-47(43,44)45)6-8-25(23)38-30(24(28)14-34)37-19(2)31(3,4)5/h6-10,15,19-20,29H,11-13,17H2,1-5H3,(H,37,38)(H2,43,44,45)/t19-,20?,29+,32?/m1/s1. The highest BCUT2D eigenvalue weighted by molar-refractivity contribution is 7.46. The van der Waals surface area contributed by atoms with E-state index in [-0.39, 0.29) is 28.2 Å². The first-order chi connectivity index (χ1) is 22.1. The maximum absolute atomic E-state index is 14.4. The molecule has 0 unspecified atom stereocenters. The van der Waals surface area contributed by atoms with Gasteiger partial charge in [-0.1, -0.05) is 32.1 Å². The van der Waals surface area contributed by atoms with Crippen molar-refractivity contribution >= 4 is 30.2 Å². The second kappa shape index (κ2) is 11.7. The lowest BCUT2D eigenvalue weighted by Gasteiger charge is -2.61. The number of hydrogen-bond acceptors (Lipinski definition) is 10. The largest absolute Gasteiger partial charge is 0.471 e. The number of nitrogens with zero attached hydrogens (tertiary/aromatic N) is 8. The van der Waals surface area contributed by atoms with Gasteiger partial charge in [-0.3, -0.25) is 9.42 Å². The number of hydrogen-bond donors (Lipinski definition) is 3. The van der Waals surface area contributed by atoms with Crippen molar-refractivity contribution in [1.29, 1.82) is 10.5 Å². The van der Waals surface area contributed by atoms with Crippen molar-refractivity contribution in [2.75, 3.05) is 16.9 Å². The normalized spacial score (nSPS) is 20.0. The smallest absolute Gasteiger partial charge is 0.366 e. The molecule has 3 heterocycles. The zero-order valence-corrected chi connectivity index (χ0v) is 27.5. The minimum atomic E-state index is -4.88. The molecule has 0 aliphatic heterocycles. The highest BCUT2D eigenvalue weighted by Crippen LogP contribution is 2.62. The molecule has 3 N–H and O–H groups in total. The highest BCUT2D eigenvalue weighted by atomic mass is 31.2. The fraction of sp³-hybridized carbons (Fsp3) is 0.438. The lowest BCUT2D eigenvalue weighted by molar-refractivity contribution is -0.0989. The number of aromatic nitrogens is 5. The van der Waals surface area contributed by atoms with Crippen LogP contribution < -0.4 is 10.2 Å². The molecule has 47 heavy (non-hydrogen) atoms. The molecule has 3 aliphatic carbocycles. The topological polar surface area (TPSA) is 186 Å². The molecule has 3 fully saturated rings. The molecule has 2 bridgehead atoms. The molecule has 3 saturated carbocycles. The van der Waals surface area contributed by atoms with Gasteiger partial charge >= 0.3 is 7.82 Å². The quantitative estimate of drug-likeness (QED) is 0.0645. The molecule has 3 aliphatic rings. The molecule has 0 saturated heterocycles. The predicted octanol–water partition coefficient (Wildman–Crippen LogP) is 5.43. The SMILES string of the molecule is Cc1nc(F)ccc1[C@@H](c1cn(C23CC(C2)C3)nn1)c1c(C#N)c(N[C@H](C)C(C)(C)C)nc2ccc(N(C#N)COP(=O)(O)O)cc12. The molecular formula is C32H35FN9O4P. The summed E-state index contributed by atoms with van der Waals surface area (Å²) in [4.78, 5) is 28.4. The van der Waals surface area contributed by atoms with Gasteiger partial charge in [0.25, 0.3) is 0 Å². The Balaban J connectivity index is 1.62. The number of benzene rings is 1. The van der Waals surface area contributed by atoms with Crippen LogP contribution in [-0.2, 0) is 14.6 Å². The van der Waals surface area contributed by atoms with E-state index in [4.69, 9.17) is 4.98 Å². The van der Waals surface area contributed by atoms with Crippen molar-refractivity contribution in [3.8, 4) is 12.3 Å². The van der Waals surface area contributed by atoms with Gasteiger partial charge in [0, 0.05) is 17.1 Å². The summed E-state index contributed by atoms with van der Waals surface area (Å²) in [6.45, 7) is 9.19. The highest BCUT2D eigenvalue weighted by Gasteiger charge is 2.59. The van der Waals surface area contributed by atoms with Crippen molar-refractivity contribution < 1.29 is 23.3 Å². The second-order valence-electron chi connectivity index (χ2n) is 13.6. The number of aryl methyl sites for hydroxylation is 1. The summed E-state index contributed by atoms with van der Waals surface area (Å²) in [6, 6.07) is 9.99. The van der Waals surface area contributed by atoms with Crippen LogP contribution in [0.25, 0.3) is 10.9 Å². The van der Waals surface area contributed by atoms with E-state index in [0.717, 1.165) is 24.2 Å². The third kappa shape index (κ3) is 6.06. The molecule has 15 heteroatoms. The molecule has 2 atom stereocenters. The summed E-state index contributed by atoms with van der Waals surface area (Å²) in [6.07, 6.45) is 6.87. The van der Waals surface area contributed by atoms with E-state index in [2.05, 4.69) is 52.0 Å². The predicted molar refractivity (Wildman–Crippen MR) is 170 cm³/mol. The van der Waals surface area contributed by atoms with Gasteiger partial charge in [-0.15, -0.1) is 5.10 Å². The summed E-state index contributed by atoms with van der Waals surface area (Å²) in [5.41, 5.74) is 2.68. The van der Waals surface area contributed by atoms with Gasteiger partial charge in [0.05, 0.1) is 40.1 Å². The summed E-state index contributed by atoms with van der Waals surface area (Å²) in [5.74, 6) is -0.365. The van der Waals surface area contributed by atoms with Gasteiger partial charge < -0.3 is 15.1 Å². The number of nitriles is 2. The van der Waals surface area contributed by atoms with Crippen molar-refractivity contribution in [1.82, 2.24) is 25.0 Å². The Morgan fingerprint density at radius 1 is 1.21 bits per heavy atom. The molecule has 0 amide bonds. The molecule has 0 spiro atoms. The molecule has 13 nitrogen and oxygen atoms in total. The summed E-state index contributed by atoms with van der Waals surface area (Å²) in [7, 11) is -4.88. The second-order valence-corrected chi connectivity index (χ2v) is 14.8. The van der Waals surface area contributed by atoms with Crippen LogP contribution in [-0.4, -0.2) is 47.5 Å². The molecule has 1 aromatic carbocycles. The first-order valence-corrected chi connectivity index (χ1v) is 16.7. The van der Waals surface area contributed by atoms with E-state index in [9.17, 15) is 29.3 Å². The fourth-order valence-corrected chi connectivity index (χ4v) is 6.61. The van der Waals surface area contributed by atoms with E-state index in [1.165, 1.54) is 6.07 Å². The van der Waals surface area contributed by atoms with Gasteiger partial charge in [-0.2, -0.15) is 14.9 Å². The summed E-state index contributed by atoms with van der Waals surface area (Å²) in [5, 5.41) is 33.7. The molecule has 7 rings (SSSR count). The number of halogens is 1. The van der Waals surface area contributed by atoms with Crippen LogP contribution in [0.3, 0.4) is 0 Å². The van der Waals surface area contributed by atoms with E-state index >= 15 is 0 Å². The van der Waals surface area contributed by atoms with Gasteiger partial charge in [0.2, 0.25) is 5.95 Å². The van der Waals surface area contributed by atoms with Gasteiger partial charge in [-0.05, 0) is 79.8 Å². The van der Waals surface area contributed by atoms with Gasteiger partial charge in [0.15, 0.2) is 6.19 Å². The third-order valence-electron chi connectivity index (χ3n) is 9.55. The van der Waals surface area contributed by atoms with Crippen LogP contribution in [0, 0.1) is 47.0 Å². The number of anilines is 2. The van der Waals surface area contributed by atoms with Crippen LogP contribution in [0.1, 0.15) is 81.0 Å².